The molecule has 1 spiro atoms. The fourth-order valence-electron chi connectivity index (χ4n) is 4.32. The first-order valence-electron chi connectivity index (χ1n) is 12.3. The SMILES string of the molecule is C=S(=O)(NC(C)C)c1ccc2c(c1)C(/C=C/C=C(\C=C/C)C(=O)N(C)CC)=CC1(CCNCC1)O2. The van der Waals surface area contributed by atoms with E-state index in [2.05, 4.69) is 22.0 Å². The van der Waals surface area contributed by atoms with E-state index in [0.717, 1.165) is 42.8 Å². The van der Waals surface area contributed by atoms with Gasteiger partial charge in [0.15, 0.2) is 0 Å². The van der Waals surface area contributed by atoms with Crippen LogP contribution in [-0.4, -0.2) is 59.2 Å². The summed E-state index contributed by atoms with van der Waals surface area (Å²) in [6.45, 7) is 10.2. The van der Waals surface area contributed by atoms with Gasteiger partial charge in [0.2, 0.25) is 0 Å². The number of allylic oxidation sites excluding steroid dienone is 5. The van der Waals surface area contributed by atoms with Gasteiger partial charge in [-0.25, -0.2) is 8.93 Å². The Morgan fingerprint density at radius 1 is 1.34 bits per heavy atom. The van der Waals surface area contributed by atoms with Crippen molar-refractivity contribution in [3.63, 3.8) is 0 Å². The predicted octanol–water partition coefficient (Wildman–Crippen LogP) is 4.11. The molecule has 0 aliphatic carbocycles. The van der Waals surface area contributed by atoms with Crippen LogP contribution in [0, 0.1) is 0 Å². The molecule has 1 unspecified atom stereocenters. The number of carbonyl (C=O) groups is 1. The number of hydrogen-bond donors (Lipinski definition) is 2. The molecule has 7 heteroatoms. The van der Waals surface area contributed by atoms with Gasteiger partial charge in [-0.2, -0.15) is 0 Å². The molecule has 1 fully saturated rings. The van der Waals surface area contributed by atoms with Crippen molar-refractivity contribution in [1.29, 1.82) is 0 Å². The van der Waals surface area contributed by atoms with Crippen molar-refractivity contribution in [2.45, 2.75) is 57.1 Å². The number of hydrogen-bond acceptors (Lipinski definition) is 4. The summed E-state index contributed by atoms with van der Waals surface area (Å²) in [5.74, 6) is 4.71. The summed E-state index contributed by atoms with van der Waals surface area (Å²) < 4.78 is 22.9. The minimum absolute atomic E-state index is 0.0229. The van der Waals surface area contributed by atoms with Gasteiger partial charge in [-0.05, 0) is 82.6 Å². The zero-order chi connectivity index (χ0) is 25.6. The summed E-state index contributed by atoms with van der Waals surface area (Å²) >= 11 is 0. The van der Waals surface area contributed by atoms with E-state index >= 15 is 0 Å². The first-order chi connectivity index (χ1) is 16.6. The lowest BCUT2D eigenvalue weighted by Gasteiger charge is -2.39. The van der Waals surface area contributed by atoms with Gasteiger partial charge < -0.3 is 15.0 Å². The lowest BCUT2D eigenvalue weighted by atomic mass is 9.85. The van der Waals surface area contributed by atoms with E-state index in [0.29, 0.717) is 17.0 Å². The Kier molecular flexibility index (Phi) is 8.80. The number of carbonyl (C=O) groups excluding carboxylic acids is 1. The van der Waals surface area contributed by atoms with Gasteiger partial charge in [0.05, 0.1) is 9.71 Å². The van der Waals surface area contributed by atoms with Crippen LogP contribution in [0.5, 0.6) is 5.75 Å². The average molecular weight is 498 g/mol. The molecular formula is C28H39N3O3S. The molecule has 0 saturated carbocycles. The van der Waals surface area contributed by atoms with Gasteiger partial charge >= 0.3 is 0 Å². The van der Waals surface area contributed by atoms with Crippen molar-refractivity contribution in [2.24, 2.45) is 0 Å². The summed E-state index contributed by atoms with van der Waals surface area (Å²) in [6, 6.07) is 5.70. The molecule has 2 aliphatic heterocycles. The van der Waals surface area contributed by atoms with E-state index < -0.39 is 9.71 Å². The number of fused-ring (bicyclic) bond motifs is 1. The summed E-state index contributed by atoms with van der Waals surface area (Å²) in [4.78, 5) is 15.0. The van der Waals surface area contributed by atoms with Crippen LogP contribution in [0.25, 0.3) is 5.57 Å². The molecular weight excluding hydrogens is 458 g/mol. The highest BCUT2D eigenvalue weighted by atomic mass is 32.2. The molecule has 0 radical (unpaired) electrons. The van der Waals surface area contributed by atoms with E-state index in [1.165, 1.54) is 0 Å². The van der Waals surface area contributed by atoms with Crippen LogP contribution in [0.1, 0.15) is 46.1 Å². The second-order valence-electron chi connectivity index (χ2n) is 9.42. The third-order valence-electron chi connectivity index (χ3n) is 6.22. The molecule has 3 rings (SSSR count). The Balaban J connectivity index is 2.05. The second kappa shape index (κ2) is 11.4. The van der Waals surface area contributed by atoms with Gasteiger partial charge in [-0.1, -0.05) is 24.3 Å². The van der Waals surface area contributed by atoms with Crippen molar-refractivity contribution < 1.29 is 13.7 Å². The summed E-state index contributed by atoms with van der Waals surface area (Å²) in [7, 11) is -0.857. The number of likely N-dealkylation sites (N-methyl/N-ethyl adjacent to an activating group) is 1. The number of benzene rings is 1. The van der Waals surface area contributed by atoms with Crippen LogP contribution in [0.2, 0.25) is 0 Å². The molecule has 190 valence electrons. The largest absolute Gasteiger partial charge is 0.482 e. The zero-order valence-electron chi connectivity index (χ0n) is 21.6. The van der Waals surface area contributed by atoms with Crippen LogP contribution >= 0.6 is 0 Å². The molecule has 1 aromatic carbocycles. The average Bonchev–Trinajstić information content (AvgIpc) is 2.81. The molecule has 2 aliphatic rings. The molecule has 6 nitrogen and oxygen atoms in total. The van der Waals surface area contributed by atoms with E-state index in [9.17, 15) is 9.00 Å². The maximum atomic E-state index is 13.3. The normalized spacial score (nSPS) is 19.5. The second-order valence-corrected chi connectivity index (χ2v) is 11.5. The highest BCUT2D eigenvalue weighted by molar-refractivity contribution is 7.98. The van der Waals surface area contributed by atoms with Gasteiger partial charge in [-0.3, -0.25) is 4.79 Å². The smallest absolute Gasteiger partial charge is 0.253 e. The standard InChI is InChI=1S/C28H39N3O3S/c1-7-10-22(27(32)31(5)8-2)11-9-12-23-20-28(15-17-29-18-16-28)34-26-14-13-24(19-25(23)26)35(6,33)30-21(3)4/h7,9-14,19-21,29H,6,8,15-18H2,1-5H3,(H,30,33)/b10-7-,12-9+,22-11+. The van der Waals surface area contributed by atoms with Crippen molar-refractivity contribution >= 4 is 27.1 Å². The van der Waals surface area contributed by atoms with Gasteiger partial charge in [0.1, 0.15) is 11.4 Å². The quantitative estimate of drug-likeness (QED) is 0.322. The Morgan fingerprint density at radius 2 is 2.06 bits per heavy atom. The number of nitrogens with zero attached hydrogens (tertiary/aromatic N) is 1. The number of rotatable bonds is 8. The molecule has 35 heavy (non-hydrogen) atoms. The van der Waals surface area contributed by atoms with Crippen LogP contribution < -0.4 is 14.8 Å². The first kappa shape index (κ1) is 27.0. The van der Waals surface area contributed by atoms with Gasteiger partial charge in [0, 0.05) is 48.5 Å². The Hall–Kier alpha value is -2.61. The van der Waals surface area contributed by atoms with E-state index in [4.69, 9.17) is 4.74 Å². The number of piperidine rings is 1. The molecule has 1 saturated heterocycles. The summed E-state index contributed by atoms with van der Waals surface area (Å²) in [6.07, 6.45) is 13.4. The van der Waals surface area contributed by atoms with Crippen molar-refractivity contribution in [1.82, 2.24) is 14.9 Å². The number of nitrogens with one attached hydrogen (secondary N) is 2. The van der Waals surface area contributed by atoms with E-state index in [-0.39, 0.29) is 17.6 Å². The minimum Gasteiger partial charge on any atom is -0.482 e. The lowest BCUT2D eigenvalue weighted by Crippen LogP contribution is -2.46. The highest BCUT2D eigenvalue weighted by Gasteiger charge is 2.36. The fourth-order valence-corrected chi connectivity index (χ4v) is 5.81. The van der Waals surface area contributed by atoms with Crippen LogP contribution in [0.3, 0.4) is 0 Å². The summed E-state index contributed by atoms with van der Waals surface area (Å²) in [5.41, 5.74) is 2.11. The number of amides is 1. The number of ether oxygens (including phenoxy) is 1. The molecule has 1 amide bonds. The maximum absolute atomic E-state index is 13.3. The monoisotopic (exact) mass is 497 g/mol. The molecule has 2 N–H and O–H groups in total. The third kappa shape index (κ3) is 6.54. The Bertz CT molecular complexity index is 1150. The molecule has 1 aromatic rings. The van der Waals surface area contributed by atoms with Crippen molar-refractivity contribution in [2.75, 3.05) is 26.7 Å². The van der Waals surface area contributed by atoms with Crippen LogP contribution in [0.15, 0.2) is 65.1 Å². The lowest BCUT2D eigenvalue weighted by molar-refractivity contribution is -0.125. The van der Waals surface area contributed by atoms with Gasteiger partial charge in [0.25, 0.3) is 5.91 Å². The van der Waals surface area contributed by atoms with Gasteiger partial charge in [-0.15, -0.1) is 0 Å². The third-order valence-corrected chi connectivity index (χ3v) is 8.08. The van der Waals surface area contributed by atoms with Crippen molar-refractivity contribution in [3.8, 4) is 5.75 Å². The molecule has 0 bridgehead atoms. The summed E-state index contributed by atoms with van der Waals surface area (Å²) in [5, 5.41) is 3.40. The topological polar surface area (TPSA) is 70.7 Å². The van der Waals surface area contributed by atoms with Crippen LogP contribution in [-0.2, 0) is 14.5 Å². The first-order valence-corrected chi connectivity index (χ1v) is 14.0. The minimum atomic E-state index is -2.65. The van der Waals surface area contributed by atoms with E-state index in [1.54, 1.807) is 11.9 Å². The molecule has 1 atom stereocenters. The van der Waals surface area contributed by atoms with Crippen LogP contribution in [0.4, 0.5) is 0 Å². The Labute approximate surface area is 211 Å². The van der Waals surface area contributed by atoms with E-state index in [1.807, 2.05) is 76.3 Å². The highest BCUT2D eigenvalue weighted by Crippen LogP contribution is 2.41. The molecule has 0 aromatic heterocycles. The van der Waals surface area contributed by atoms with Crippen molar-refractivity contribution in [3.05, 3.63) is 65.8 Å². The molecule has 2 heterocycles. The Morgan fingerprint density at radius 3 is 2.69 bits per heavy atom. The predicted molar refractivity (Wildman–Crippen MR) is 147 cm³/mol. The fraction of sp³-hybridized carbons (Fsp3) is 0.429. The zero-order valence-corrected chi connectivity index (χ0v) is 22.4. The maximum Gasteiger partial charge on any atom is 0.253 e.